The van der Waals surface area contributed by atoms with Crippen LogP contribution in [0.5, 0.6) is 5.75 Å². The number of guanidine groups is 1. The van der Waals surface area contributed by atoms with E-state index in [4.69, 9.17) is 22.1 Å². The maximum Gasteiger partial charge on any atom is 0.220 e. The molecule has 1 heterocycles. The van der Waals surface area contributed by atoms with E-state index in [1.807, 2.05) is 31.2 Å². The van der Waals surface area contributed by atoms with E-state index in [2.05, 4.69) is 27.4 Å². The van der Waals surface area contributed by atoms with Gasteiger partial charge in [0.1, 0.15) is 11.9 Å². The molecule has 1 amide bonds. The Labute approximate surface area is 185 Å². The minimum absolute atomic E-state index is 0.0371. The quantitative estimate of drug-likeness (QED) is 0.281. The van der Waals surface area contributed by atoms with Crippen molar-refractivity contribution in [3.05, 3.63) is 29.3 Å². The lowest BCUT2D eigenvalue weighted by Crippen LogP contribution is -2.40. The molecule has 8 heteroatoms. The maximum atomic E-state index is 11.2. The van der Waals surface area contributed by atoms with Crippen LogP contribution in [0.2, 0.25) is 5.02 Å². The molecule has 0 saturated carbocycles. The summed E-state index contributed by atoms with van der Waals surface area (Å²) in [5.41, 5.74) is 5.40. The highest BCUT2D eigenvalue weighted by molar-refractivity contribution is 6.30. The molecular formula is C22H36ClN5O2. The smallest absolute Gasteiger partial charge is 0.220 e. The van der Waals surface area contributed by atoms with Crippen molar-refractivity contribution in [1.82, 2.24) is 15.5 Å². The van der Waals surface area contributed by atoms with Gasteiger partial charge < -0.3 is 26.0 Å². The van der Waals surface area contributed by atoms with Crippen molar-refractivity contribution in [2.24, 2.45) is 16.6 Å². The number of aliphatic imine (C=N–C) groups is 1. The molecule has 1 fully saturated rings. The molecule has 7 nitrogen and oxygen atoms in total. The highest BCUT2D eigenvalue weighted by Crippen LogP contribution is 2.17. The molecule has 0 radical (unpaired) electrons. The van der Waals surface area contributed by atoms with Gasteiger partial charge in [0.05, 0.1) is 6.54 Å². The van der Waals surface area contributed by atoms with Crippen LogP contribution in [0, 0.1) is 5.92 Å². The molecule has 1 unspecified atom stereocenters. The summed E-state index contributed by atoms with van der Waals surface area (Å²) in [6.07, 6.45) is 3.92. The third-order valence-corrected chi connectivity index (χ3v) is 5.44. The molecule has 1 aromatic rings. The number of benzene rings is 1. The van der Waals surface area contributed by atoms with Crippen molar-refractivity contribution >= 4 is 23.5 Å². The molecule has 0 aromatic heterocycles. The molecule has 0 spiro atoms. The Morgan fingerprint density at radius 1 is 1.27 bits per heavy atom. The lowest BCUT2D eigenvalue weighted by Gasteiger charge is -2.30. The van der Waals surface area contributed by atoms with Crippen LogP contribution in [0.25, 0.3) is 0 Å². The first-order valence-electron chi connectivity index (χ1n) is 10.9. The SMILES string of the molecule is CCNC(=NCC(C)Oc1ccc(Cl)cc1)NCCCCN1CCC(C(N)=O)CC1. The van der Waals surface area contributed by atoms with Crippen LogP contribution in [0.1, 0.15) is 39.5 Å². The molecule has 30 heavy (non-hydrogen) atoms. The second-order valence-corrected chi connectivity index (χ2v) is 8.19. The van der Waals surface area contributed by atoms with Gasteiger partial charge >= 0.3 is 0 Å². The molecule has 1 aromatic carbocycles. The Kier molecular flexibility index (Phi) is 10.8. The summed E-state index contributed by atoms with van der Waals surface area (Å²) in [6.45, 7) is 9.31. The van der Waals surface area contributed by atoms with E-state index >= 15 is 0 Å². The largest absolute Gasteiger partial charge is 0.489 e. The van der Waals surface area contributed by atoms with Gasteiger partial charge in [0, 0.05) is 24.0 Å². The number of carbonyl (C=O) groups is 1. The average Bonchev–Trinajstić information content (AvgIpc) is 2.73. The van der Waals surface area contributed by atoms with Gasteiger partial charge in [0.15, 0.2) is 5.96 Å². The van der Waals surface area contributed by atoms with Crippen LogP contribution in [0.4, 0.5) is 0 Å². The fourth-order valence-electron chi connectivity index (χ4n) is 3.45. The Hall–Kier alpha value is -1.99. The molecule has 1 saturated heterocycles. The fourth-order valence-corrected chi connectivity index (χ4v) is 3.58. The third kappa shape index (κ3) is 9.22. The van der Waals surface area contributed by atoms with Crippen LogP contribution < -0.4 is 21.1 Å². The topological polar surface area (TPSA) is 92.0 Å². The van der Waals surface area contributed by atoms with Crippen molar-refractivity contribution in [3.63, 3.8) is 0 Å². The van der Waals surface area contributed by atoms with Crippen molar-refractivity contribution in [2.45, 2.75) is 45.6 Å². The monoisotopic (exact) mass is 437 g/mol. The summed E-state index contributed by atoms with van der Waals surface area (Å²) < 4.78 is 5.87. The van der Waals surface area contributed by atoms with Crippen molar-refractivity contribution in [2.75, 3.05) is 39.3 Å². The number of carbonyl (C=O) groups excluding carboxylic acids is 1. The fraction of sp³-hybridized carbons (Fsp3) is 0.636. The van der Waals surface area contributed by atoms with Crippen LogP contribution in [0.15, 0.2) is 29.3 Å². The first-order valence-corrected chi connectivity index (χ1v) is 11.3. The zero-order valence-corrected chi connectivity index (χ0v) is 19.0. The summed E-state index contributed by atoms with van der Waals surface area (Å²) in [5, 5.41) is 7.37. The predicted octanol–water partition coefficient (Wildman–Crippen LogP) is 2.64. The average molecular weight is 438 g/mol. The lowest BCUT2D eigenvalue weighted by molar-refractivity contribution is -0.123. The summed E-state index contributed by atoms with van der Waals surface area (Å²) >= 11 is 5.90. The number of rotatable bonds is 11. The van der Waals surface area contributed by atoms with E-state index < -0.39 is 0 Å². The van der Waals surface area contributed by atoms with Gasteiger partial charge in [-0.25, -0.2) is 4.99 Å². The zero-order chi connectivity index (χ0) is 21.8. The van der Waals surface area contributed by atoms with Crippen molar-refractivity contribution in [3.8, 4) is 5.75 Å². The van der Waals surface area contributed by atoms with E-state index in [-0.39, 0.29) is 17.9 Å². The highest BCUT2D eigenvalue weighted by Gasteiger charge is 2.22. The molecule has 1 atom stereocenters. The molecule has 1 aliphatic heterocycles. The van der Waals surface area contributed by atoms with Crippen LogP contribution in [-0.2, 0) is 4.79 Å². The van der Waals surface area contributed by atoms with E-state index in [0.717, 1.165) is 70.1 Å². The number of hydrogen-bond acceptors (Lipinski definition) is 4. The lowest BCUT2D eigenvalue weighted by atomic mass is 9.96. The second-order valence-electron chi connectivity index (χ2n) is 7.75. The molecule has 2 rings (SSSR count). The number of amides is 1. The molecule has 168 valence electrons. The summed E-state index contributed by atoms with van der Waals surface area (Å²) in [6, 6.07) is 7.36. The van der Waals surface area contributed by atoms with Gasteiger partial charge in [0.2, 0.25) is 5.91 Å². The summed E-state index contributed by atoms with van der Waals surface area (Å²) in [4.78, 5) is 18.3. The number of hydrogen-bond donors (Lipinski definition) is 3. The van der Waals surface area contributed by atoms with Crippen LogP contribution in [-0.4, -0.2) is 62.1 Å². The number of unbranched alkanes of at least 4 members (excludes halogenated alkanes) is 1. The standard InChI is InChI=1S/C22H36ClN5O2/c1-3-25-22(27-16-17(2)30-20-8-6-19(23)7-9-20)26-12-4-5-13-28-14-10-18(11-15-28)21(24)29/h6-9,17-18H,3-5,10-16H2,1-2H3,(H2,24,29)(H2,25,26,27). The summed E-state index contributed by atoms with van der Waals surface area (Å²) in [7, 11) is 0. The first kappa shape index (κ1) is 24.3. The van der Waals surface area contributed by atoms with Crippen molar-refractivity contribution in [1.29, 1.82) is 0 Å². The molecule has 1 aliphatic rings. The zero-order valence-electron chi connectivity index (χ0n) is 18.2. The summed E-state index contributed by atoms with van der Waals surface area (Å²) in [5.74, 6) is 1.51. The Morgan fingerprint density at radius 3 is 2.60 bits per heavy atom. The Balaban J connectivity index is 1.63. The first-order chi connectivity index (χ1) is 14.5. The number of primary amides is 1. The van der Waals surface area contributed by atoms with E-state index in [0.29, 0.717) is 11.6 Å². The number of halogens is 1. The highest BCUT2D eigenvalue weighted by atomic mass is 35.5. The number of piperidine rings is 1. The molecular weight excluding hydrogens is 402 g/mol. The molecule has 0 aliphatic carbocycles. The van der Waals surface area contributed by atoms with Gasteiger partial charge in [-0.05, 0) is 83.4 Å². The van der Waals surface area contributed by atoms with Gasteiger partial charge in [-0.3, -0.25) is 4.79 Å². The van der Waals surface area contributed by atoms with E-state index in [1.54, 1.807) is 0 Å². The van der Waals surface area contributed by atoms with Gasteiger partial charge in [-0.2, -0.15) is 0 Å². The number of nitrogens with zero attached hydrogens (tertiary/aromatic N) is 2. The van der Waals surface area contributed by atoms with Gasteiger partial charge in [-0.15, -0.1) is 0 Å². The third-order valence-electron chi connectivity index (χ3n) is 5.19. The van der Waals surface area contributed by atoms with Gasteiger partial charge in [-0.1, -0.05) is 11.6 Å². The van der Waals surface area contributed by atoms with Gasteiger partial charge in [0.25, 0.3) is 0 Å². The number of nitrogens with one attached hydrogen (secondary N) is 2. The van der Waals surface area contributed by atoms with Crippen LogP contribution >= 0.6 is 11.6 Å². The maximum absolute atomic E-state index is 11.2. The second kappa shape index (κ2) is 13.3. The number of ether oxygens (including phenoxy) is 1. The van der Waals surface area contributed by atoms with Crippen LogP contribution in [0.3, 0.4) is 0 Å². The van der Waals surface area contributed by atoms with E-state index in [1.165, 1.54) is 0 Å². The molecule has 4 N–H and O–H groups in total. The minimum atomic E-state index is -0.151. The Bertz CT molecular complexity index is 660. The minimum Gasteiger partial charge on any atom is -0.489 e. The predicted molar refractivity (Wildman–Crippen MR) is 123 cm³/mol. The van der Waals surface area contributed by atoms with Crippen molar-refractivity contribution < 1.29 is 9.53 Å². The van der Waals surface area contributed by atoms with E-state index in [9.17, 15) is 4.79 Å². The molecule has 0 bridgehead atoms. The number of nitrogens with two attached hydrogens (primary N) is 1. The Morgan fingerprint density at radius 2 is 1.97 bits per heavy atom. The number of likely N-dealkylation sites (tertiary alicyclic amines) is 1. The normalized spacial score (nSPS) is 16.8.